The molecule has 5 nitrogen and oxygen atoms in total. The predicted octanol–water partition coefficient (Wildman–Crippen LogP) is 2.75. The van der Waals surface area contributed by atoms with Crippen LogP contribution in [0, 0.1) is 0 Å². The minimum absolute atomic E-state index is 0.579. The summed E-state index contributed by atoms with van der Waals surface area (Å²) < 4.78 is 9.50. The molecule has 0 amide bonds. The van der Waals surface area contributed by atoms with Gasteiger partial charge in [-0.05, 0) is 51.7 Å². The van der Waals surface area contributed by atoms with Gasteiger partial charge >= 0.3 is 0 Å². The van der Waals surface area contributed by atoms with Crippen molar-refractivity contribution in [2.24, 2.45) is 0 Å². The van der Waals surface area contributed by atoms with Crippen LogP contribution in [0.5, 0.6) is 0 Å². The second-order valence-electron chi connectivity index (χ2n) is 16.7. The van der Waals surface area contributed by atoms with Gasteiger partial charge in [-0.25, -0.2) is 15.0 Å². The first kappa shape index (κ1) is 37.7. The molecule has 0 radical (unpaired) electrons. The Bertz CT molecular complexity index is 3520. The molecule has 0 saturated carbocycles. The topological polar surface area (TPSA) is 56.7 Å². The molecule has 0 unspecified atom stereocenters. The number of hydrogen-bond acceptors (Lipinski definition) is 4. The van der Waals surface area contributed by atoms with Gasteiger partial charge in [0.25, 0.3) is 0 Å². The maximum Gasteiger partial charge on any atom is 0.164 e. The first-order valence-corrected chi connectivity index (χ1v) is 21.3. The Labute approximate surface area is 365 Å². The van der Waals surface area contributed by atoms with Crippen molar-refractivity contribution in [1.82, 2.24) is 19.5 Å². The summed E-state index contributed by atoms with van der Waals surface area (Å²) in [4.78, 5) is 15.4. The number of hydrogen-bond donors (Lipinski definition) is 0. The smallest absolute Gasteiger partial charge is 0.164 e. The first-order chi connectivity index (χ1) is 30.2. The molecule has 62 heavy (non-hydrogen) atoms. The van der Waals surface area contributed by atoms with E-state index in [0.717, 1.165) is 66.6 Å². The SMILES string of the molecule is Bc1cc(B)c2c(c1B)c1c(B)c(B)cc(B)c1n2-c1cc(-c2ccccc2)c2oc3cc(-c4nc(-c5ccccc5)nc(-c5ccccc5-c5ccccc5)n4)ccc3c2c1. The summed E-state index contributed by atoms with van der Waals surface area (Å²) in [6, 6.07) is 55.1. The van der Waals surface area contributed by atoms with E-state index >= 15 is 0 Å². The van der Waals surface area contributed by atoms with Crippen LogP contribution < -0.4 is 32.8 Å². The average Bonchev–Trinajstić information content (AvgIpc) is 3.88. The molecule has 3 aromatic heterocycles. The fourth-order valence-corrected chi connectivity index (χ4v) is 9.56. The van der Waals surface area contributed by atoms with Crippen molar-refractivity contribution in [1.29, 1.82) is 0 Å². The molecule has 8 aromatic carbocycles. The third-order valence-corrected chi connectivity index (χ3v) is 12.8. The molecule has 0 fully saturated rings. The van der Waals surface area contributed by atoms with Crippen molar-refractivity contribution < 1.29 is 4.42 Å². The predicted molar refractivity (Wildman–Crippen MR) is 278 cm³/mol. The lowest BCUT2D eigenvalue weighted by molar-refractivity contribution is 0.670. The van der Waals surface area contributed by atoms with E-state index in [-0.39, 0.29) is 0 Å². The molecule has 11 aromatic rings. The summed E-state index contributed by atoms with van der Waals surface area (Å²) in [6.07, 6.45) is 0. The minimum atomic E-state index is 0.579. The van der Waals surface area contributed by atoms with Crippen LogP contribution in [0.25, 0.3) is 106 Å². The lowest BCUT2D eigenvalue weighted by Gasteiger charge is -2.15. The van der Waals surface area contributed by atoms with E-state index in [2.05, 4.69) is 167 Å². The van der Waals surface area contributed by atoms with Crippen LogP contribution in [0.1, 0.15) is 0 Å². The van der Waals surface area contributed by atoms with Crippen molar-refractivity contribution in [3.8, 4) is 62.1 Å². The molecule has 11 rings (SSSR count). The average molecular weight is 788 g/mol. The van der Waals surface area contributed by atoms with Crippen LogP contribution >= 0.6 is 0 Å². The van der Waals surface area contributed by atoms with Gasteiger partial charge in [0.2, 0.25) is 0 Å². The monoisotopic (exact) mass is 788 g/mol. The van der Waals surface area contributed by atoms with Gasteiger partial charge in [0.1, 0.15) is 58.2 Å². The molecule has 0 atom stereocenters. The van der Waals surface area contributed by atoms with Crippen LogP contribution in [-0.2, 0) is 0 Å². The summed E-state index contributed by atoms with van der Waals surface area (Å²) in [5.41, 5.74) is 20.0. The Balaban J connectivity index is 1.16. The minimum Gasteiger partial charge on any atom is -0.455 e. The normalized spacial score (nSPS) is 11.6. The fourth-order valence-electron chi connectivity index (χ4n) is 9.56. The highest BCUT2D eigenvalue weighted by molar-refractivity contribution is 6.62. The lowest BCUT2D eigenvalue weighted by atomic mass is 9.71. The fraction of sp³-hybridized carbons (Fsp3) is 0. The Morgan fingerprint density at radius 3 is 1.48 bits per heavy atom. The number of furan rings is 1. The molecule has 11 heteroatoms. The van der Waals surface area contributed by atoms with E-state index in [1.54, 1.807) is 0 Å². The molecule has 0 aliphatic carbocycles. The van der Waals surface area contributed by atoms with Crippen LogP contribution in [0.4, 0.5) is 0 Å². The summed E-state index contributed by atoms with van der Waals surface area (Å²) in [5.74, 6) is 1.80. The van der Waals surface area contributed by atoms with Gasteiger partial charge in [0.15, 0.2) is 17.5 Å². The maximum atomic E-state index is 6.99. The van der Waals surface area contributed by atoms with Gasteiger partial charge in [-0.1, -0.05) is 166 Å². The van der Waals surface area contributed by atoms with Crippen molar-refractivity contribution in [2.75, 3.05) is 0 Å². The summed E-state index contributed by atoms with van der Waals surface area (Å²) in [5, 5.41) is 4.76. The van der Waals surface area contributed by atoms with Crippen molar-refractivity contribution in [3.05, 3.63) is 158 Å². The molecular formula is C51H38B6N4O. The Morgan fingerprint density at radius 1 is 0.387 bits per heavy atom. The molecule has 0 aliphatic heterocycles. The van der Waals surface area contributed by atoms with Gasteiger partial charge in [-0.2, -0.15) is 0 Å². The zero-order chi connectivity index (χ0) is 42.2. The number of nitrogens with zero attached hydrogens (tertiary/aromatic N) is 4. The van der Waals surface area contributed by atoms with Gasteiger partial charge in [-0.3, -0.25) is 0 Å². The summed E-state index contributed by atoms with van der Waals surface area (Å²) in [6.45, 7) is 0. The van der Waals surface area contributed by atoms with E-state index in [0.29, 0.717) is 17.5 Å². The van der Waals surface area contributed by atoms with Crippen LogP contribution in [0.15, 0.2) is 162 Å². The van der Waals surface area contributed by atoms with Gasteiger partial charge < -0.3 is 8.98 Å². The maximum absolute atomic E-state index is 6.99. The number of aromatic nitrogens is 4. The van der Waals surface area contributed by atoms with Crippen molar-refractivity contribution in [2.45, 2.75) is 0 Å². The quantitative estimate of drug-likeness (QED) is 0.244. The third-order valence-electron chi connectivity index (χ3n) is 12.8. The summed E-state index contributed by atoms with van der Waals surface area (Å²) in [7, 11) is 13.5. The second kappa shape index (κ2) is 14.7. The number of benzene rings is 8. The molecule has 0 aliphatic rings. The molecule has 286 valence electrons. The van der Waals surface area contributed by atoms with Crippen LogP contribution in [-0.4, -0.2) is 66.6 Å². The van der Waals surface area contributed by atoms with E-state index < -0.39 is 0 Å². The standard InChI is InChI=1S/C51H38B6N4O/c52-37-25-39(54)46-42(44(37)56)43-45(57)38(53)26-40(55)47(43)61(46)31-23-35(28-14-6-2-7-15-28)48-36(24-31)33-21-20-30(22-41(33)62-48)50-58-49(29-16-8-3-9-17-29)59-51(60-50)34-19-11-10-18-32(34)27-12-4-1-5-13-27/h1-26H,52-57H2. The molecule has 0 N–H and O–H groups in total. The summed E-state index contributed by atoms with van der Waals surface area (Å²) >= 11 is 0. The molecule has 0 bridgehead atoms. The Hall–Kier alpha value is -7.24. The largest absolute Gasteiger partial charge is 0.455 e. The molecular weight excluding hydrogens is 749 g/mol. The lowest BCUT2D eigenvalue weighted by Crippen LogP contribution is -2.33. The Kier molecular flexibility index (Phi) is 8.97. The molecule has 0 saturated heterocycles. The highest BCUT2D eigenvalue weighted by Crippen LogP contribution is 2.41. The molecule has 0 spiro atoms. The van der Waals surface area contributed by atoms with Gasteiger partial charge in [0, 0.05) is 49.7 Å². The molecule has 3 heterocycles. The Morgan fingerprint density at radius 2 is 0.887 bits per heavy atom. The third kappa shape index (κ3) is 6.06. The van der Waals surface area contributed by atoms with Crippen molar-refractivity contribution in [3.63, 3.8) is 0 Å². The van der Waals surface area contributed by atoms with Crippen LogP contribution in [0.3, 0.4) is 0 Å². The number of rotatable bonds is 6. The second-order valence-corrected chi connectivity index (χ2v) is 16.7. The van der Waals surface area contributed by atoms with Gasteiger partial charge in [0.05, 0.1) is 0 Å². The van der Waals surface area contributed by atoms with Crippen molar-refractivity contribution >= 4 is 124 Å². The van der Waals surface area contributed by atoms with Gasteiger partial charge in [-0.15, -0.1) is 0 Å². The number of fused-ring (bicyclic) bond motifs is 6. The highest BCUT2D eigenvalue weighted by Gasteiger charge is 2.24. The zero-order valence-corrected chi connectivity index (χ0v) is 35.7. The van der Waals surface area contributed by atoms with E-state index in [4.69, 9.17) is 19.4 Å². The van der Waals surface area contributed by atoms with E-state index in [1.807, 2.05) is 42.5 Å². The van der Waals surface area contributed by atoms with E-state index in [9.17, 15) is 0 Å². The zero-order valence-electron chi connectivity index (χ0n) is 35.7. The first-order valence-electron chi connectivity index (χ1n) is 21.3. The van der Waals surface area contributed by atoms with Crippen LogP contribution in [0.2, 0.25) is 0 Å². The highest BCUT2D eigenvalue weighted by atomic mass is 16.3. The van der Waals surface area contributed by atoms with E-state index in [1.165, 1.54) is 54.6 Å².